The van der Waals surface area contributed by atoms with Crippen LogP contribution in [-0.4, -0.2) is 21.7 Å². The number of aromatic nitrogens is 2. The molecule has 0 aliphatic carbocycles. The summed E-state index contributed by atoms with van der Waals surface area (Å²) in [5.74, 6) is -0.212. The lowest BCUT2D eigenvalue weighted by Gasteiger charge is -2.19. The van der Waals surface area contributed by atoms with Gasteiger partial charge in [-0.25, -0.2) is 0 Å². The van der Waals surface area contributed by atoms with E-state index in [1.165, 1.54) is 0 Å². The van der Waals surface area contributed by atoms with Crippen LogP contribution in [0.2, 0.25) is 5.02 Å². The van der Waals surface area contributed by atoms with Gasteiger partial charge in [-0.05, 0) is 12.8 Å². The first-order valence-electron chi connectivity index (χ1n) is 5.55. The summed E-state index contributed by atoms with van der Waals surface area (Å²) in [6.07, 6.45) is 0. The summed E-state index contributed by atoms with van der Waals surface area (Å²) in [6.45, 7) is 6.21. The zero-order chi connectivity index (χ0) is 13.2. The molecule has 0 spiro atoms. The molecule has 0 aliphatic heterocycles. The lowest BCUT2D eigenvalue weighted by atomic mass is 10.0. The Bertz CT molecular complexity index is 414. The van der Waals surface area contributed by atoms with Gasteiger partial charge in [0, 0.05) is 13.6 Å². The monoisotopic (exact) mass is 258 g/mol. The van der Waals surface area contributed by atoms with Crippen molar-refractivity contribution in [2.75, 3.05) is 0 Å². The first-order chi connectivity index (χ1) is 7.84. The summed E-state index contributed by atoms with van der Waals surface area (Å²) in [5.41, 5.74) is 6.97. The van der Waals surface area contributed by atoms with Crippen molar-refractivity contribution in [3.63, 3.8) is 0 Å². The van der Waals surface area contributed by atoms with Crippen molar-refractivity contribution in [3.8, 4) is 0 Å². The average molecular weight is 259 g/mol. The van der Waals surface area contributed by atoms with Crippen molar-refractivity contribution in [3.05, 3.63) is 16.4 Å². The molecule has 1 aromatic heterocycles. The van der Waals surface area contributed by atoms with Crippen LogP contribution in [0.25, 0.3) is 0 Å². The van der Waals surface area contributed by atoms with E-state index in [1.54, 1.807) is 4.68 Å². The van der Waals surface area contributed by atoms with Crippen molar-refractivity contribution in [1.82, 2.24) is 15.1 Å². The third-order valence-electron chi connectivity index (χ3n) is 2.72. The van der Waals surface area contributed by atoms with Gasteiger partial charge in [-0.15, -0.1) is 0 Å². The lowest BCUT2D eigenvalue weighted by Crippen LogP contribution is -2.44. The van der Waals surface area contributed by atoms with Crippen LogP contribution in [0.5, 0.6) is 0 Å². The van der Waals surface area contributed by atoms with E-state index in [9.17, 15) is 4.79 Å². The van der Waals surface area contributed by atoms with Gasteiger partial charge < -0.3 is 5.73 Å². The SMILES string of the molecule is Cc1nn(C)c(CNC(C(N)=O)C(C)C)c1Cl. The first kappa shape index (κ1) is 14.0. The smallest absolute Gasteiger partial charge is 0.234 e. The predicted octanol–water partition coefficient (Wildman–Crippen LogP) is 0.981. The zero-order valence-electron chi connectivity index (χ0n) is 10.6. The Balaban J connectivity index is 2.75. The maximum atomic E-state index is 11.2. The lowest BCUT2D eigenvalue weighted by molar-refractivity contribution is -0.121. The summed E-state index contributed by atoms with van der Waals surface area (Å²) >= 11 is 6.12. The van der Waals surface area contributed by atoms with Gasteiger partial charge in [-0.2, -0.15) is 5.10 Å². The Hall–Kier alpha value is -1.07. The van der Waals surface area contributed by atoms with Crippen LogP contribution >= 0.6 is 11.6 Å². The second-order valence-electron chi connectivity index (χ2n) is 4.47. The minimum atomic E-state index is -0.360. The normalized spacial score (nSPS) is 13.1. The average Bonchev–Trinajstić information content (AvgIpc) is 2.43. The summed E-state index contributed by atoms with van der Waals surface area (Å²) < 4.78 is 1.71. The van der Waals surface area contributed by atoms with Crippen molar-refractivity contribution >= 4 is 17.5 Å². The van der Waals surface area contributed by atoms with Crippen molar-refractivity contribution < 1.29 is 4.79 Å². The molecule has 1 amide bonds. The fraction of sp³-hybridized carbons (Fsp3) is 0.636. The van der Waals surface area contributed by atoms with E-state index in [1.807, 2.05) is 27.8 Å². The Morgan fingerprint density at radius 2 is 2.18 bits per heavy atom. The van der Waals surface area contributed by atoms with Gasteiger partial charge in [0.25, 0.3) is 0 Å². The largest absolute Gasteiger partial charge is 0.368 e. The standard InChI is InChI=1S/C11H19ClN4O/c1-6(2)10(11(13)17)14-5-8-9(12)7(3)15-16(8)4/h6,10,14H,5H2,1-4H3,(H2,13,17). The van der Waals surface area contributed by atoms with Gasteiger partial charge >= 0.3 is 0 Å². The van der Waals surface area contributed by atoms with Crippen LogP contribution in [0.3, 0.4) is 0 Å². The number of primary amides is 1. The van der Waals surface area contributed by atoms with Crippen molar-refractivity contribution in [1.29, 1.82) is 0 Å². The van der Waals surface area contributed by atoms with E-state index >= 15 is 0 Å². The molecule has 0 aliphatic rings. The number of carbonyl (C=O) groups is 1. The number of nitrogens with two attached hydrogens (primary N) is 1. The van der Waals surface area contributed by atoms with Gasteiger partial charge in [0.1, 0.15) is 0 Å². The molecule has 1 heterocycles. The first-order valence-corrected chi connectivity index (χ1v) is 5.93. The highest BCUT2D eigenvalue weighted by atomic mass is 35.5. The molecule has 1 rings (SSSR count). The number of hydrogen-bond donors (Lipinski definition) is 2. The topological polar surface area (TPSA) is 72.9 Å². The molecule has 1 aromatic rings. The fourth-order valence-corrected chi connectivity index (χ4v) is 1.97. The molecular weight excluding hydrogens is 240 g/mol. The van der Waals surface area contributed by atoms with Gasteiger partial charge in [0.15, 0.2) is 0 Å². The highest BCUT2D eigenvalue weighted by Gasteiger charge is 2.20. The third-order valence-corrected chi connectivity index (χ3v) is 3.22. The summed E-state index contributed by atoms with van der Waals surface area (Å²) in [5, 5.41) is 7.95. The van der Waals surface area contributed by atoms with Crippen LogP contribution in [0.4, 0.5) is 0 Å². The van der Waals surface area contributed by atoms with E-state index in [0.29, 0.717) is 11.6 Å². The van der Waals surface area contributed by atoms with Crippen LogP contribution < -0.4 is 11.1 Å². The molecule has 17 heavy (non-hydrogen) atoms. The zero-order valence-corrected chi connectivity index (χ0v) is 11.4. The number of hydrogen-bond acceptors (Lipinski definition) is 3. The maximum absolute atomic E-state index is 11.2. The van der Waals surface area contributed by atoms with Gasteiger partial charge in [-0.3, -0.25) is 14.8 Å². The number of rotatable bonds is 5. The Kier molecular flexibility index (Phi) is 4.54. The number of carbonyl (C=O) groups excluding carboxylic acids is 1. The maximum Gasteiger partial charge on any atom is 0.234 e. The molecule has 3 N–H and O–H groups in total. The number of nitrogens with one attached hydrogen (secondary N) is 1. The van der Waals surface area contributed by atoms with Crippen LogP contribution in [0, 0.1) is 12.8 Å². The molecule has 1 unspecified atom stereocenters. The molecule has 0 saturated heterocycles. The second-order valence-corrected chi connectivity index (χ2v) is 4.85. The molecule has 0 bridgehead atoms. The van der Waals surface area contributed by atoms with Crippen LogP contribution in [0.1, 0.15) is 25.2 Å². The number of nitrogens with zero attached hydrogens (tertiary/aromatic N) is 2. The molecule has 96 valence electrons. The minimum Gasteiger partial charge on any atom is -0.368 e. The van der Waals surface area contributed by atoms with Crippen LogP contribution in [-0.2, 0) is 18.4 Å². The molecule has 5 nitrogen and oxygen atoms in total. The minimum absolute atomic E-state index is 0.139. The molecule has 0 radical (unpaired) electrons. The van der Waals surface area contributed by atoms with Crippen molar-refractivity contribution in [2.24, 2.45) is 18.7 Å². The van der Waals surface area contributed by atoms with Gasteiger partial charge in [-0.1, -0.05) is 25.4 Å². The summed E-state index contributed by atoms with van der Waals surface area (Å²) in [7, 11) is 1.82. The fourth-order valence-electron chi connectivity index (χ4n) is 1.74. The van der Waals surface area contributed by atoms with E-state index in [4.69, 9.17) is 17.3 Å². The van der Waals surface area contributed by atoms with Gasteiger partial charge in [0.05, 0.1) is 22.5 Å². The quantitative estimate of drug-likeness (QED) is 0.827. The Morgan fingerprint density at radius 3 is 2.53 bits per heavy atom. The van der Waals surface area contributed by atoms with Crippen molar-refractivity contribution in [2.45, 2.75) is 33.4 Å². The Labute approximate surface area is 106 Å². The van der Waals surface area contributed by atoms with Crippen LogP contribution in [0.15, 0.2) is 0 Å². The van der Waals surface area contributed by atoms with E-state index < -0.39 is 0 Å². The van der Waals surface area contributed by atoms with E-state index in [2.05, 4.69) is 10.4 Å². The third kappa shape index (κ3) is 3.20. The number of halogens is 1. The second kappa shape index (κ2) is 5.51. The summed E-state index contributed by atoms with van der Waals surface area (Å²) in [6, 6.07) is -0.360. The highest BCUT2D eigenvalue weighted by Crippen LogP contribution is 2.19. The highest BCUT2D eigenvalue weighted by molar-refractivity contribution is 6.31. The molecule has 1 atom stereocenters. The molecular formula is C11H19ClN4O. The predicted molar refractivity (Wildman–Crippen MR) is 67.6 cm³/mol. The van der Waals surface area contributed by atoms with E-state index in [0.717, 1.165) is 11.4 Å². The van der Waals surface area contributed by atoms with Gasteiger partial charge in [0.2, 0.25) is 5.91 Å². The number of amides is 1. The number of aryl methyl sites for hydroxylation is 2. The molecule has 6 heteroatoms. The molecule has 0 aromatic carbocycles. The Morgan fingerprint density at radius 1 is 1.59 bits per heavy atom. The molecule has 0 fully saturated rings. The molecule has 0 saturated carbocycles. The van der Waals surface area contributed by atoms with E-state index in [-0.39, 0.29) is 17.9 Å². The summed E-state index contributed by atoms with van der Waals surface area (Å²) in [4.78, 5) is 11.2.